The van der Waals surface area contributed by atoms with E-state index in [9.17, 15) is 19.5 Å². The highest BCUT2D eigenvalue weighted by atomic mass is 79.9. The Morgan fingerprint density at radius 3 is 2.75 bits per heavy atom. The summed E-state index contributed by atoms with van der Waals surface area (Å²) in [5, 5.41) is 9.18. The van der Waals surface area contributed by atoms with Crippen LogP contribution in [0.1, 0.15) is 16.8 Å². The minimum Gasteiger partial charge on any atom is -0.478 e. The molecule has 1 atom stereocenters. The zero-order valence-corrected chi connectivity index (χ0v) is 12.2. The van der Waals surface area contributed by atoms with Gasteiger partial charge in [-0.1, -0.05) is 15.9 Å². The van der Waals surface area contributed by atoms with Gasteiger partial charge < -0.3 is 14.7 Å². The first kappa shape index (κ1) is 14.5. The average Bonchev–Trinajstić information content (AvgIpc) is 2.79. The Morgan fingerprint density at radius 2 is 2.15 bits per heavy atom. The number of amides is 1. The Labute approximate surface area is 123 Å². The molecule has 1 aromatic carbocycles. The Kier molecular flexibility index (Phi) is 4.08. The van der Waals surface area contributed by atoms with Crippen molar-refractivity contribution in [2.24, 2.45) is 5.92 Å². The van der Waals surface area contributed by atoms with Crippen molar-refractivity contribution < 1.29 is 24.2 Å². The van der Waals surface area contributed by atoms with Crippen LogP contribution in [0.3, 0.4) is 0 Å². The summed E-state index contributed by atoms with van der Waals surface area (Å²) in [4.78, 5) is 36.0. The van der Waals surface area contributed by atoms with Gasteiger partial charge in [-0.15, -0.1) is 0 Å². The molecule has 6 nitrogen and oxygen atoms in total. The maximum absolute atomic E-state index is 12.0. The standard InChI is InChI=1S/C13H12BrNO5/c1-20-13(19)7-4-11(16)15(6-7)10-5-8(14)2-3-9(10)12(17)18/h2-3,5,7H,4,6H2,1H3,(H,17,18). The monoisotopic (exact) mass is 341 g/mol. The molecule has 0 aliphatic carbocycles. The third kappa shape index (κ3) is 2.67. The highest BCUT2D eigenvalue weighted by Gasteiger charge is 2.37. The van der Waals surface area contributed by atoms with Gasteiger partial charge in [0.05, 0.1) is 24.3 Å². The molecule has 2 rings (SSSR count). The molecule has 1 saturated heterocycles. The molecule has 1 aromatic rings. The fourth-order valence-electron chi connectivity index (χ4n) is 2.17. The van der Waals surface area contributed by atoms with Crippen molar-refractivity contribution in [3.63, 3.8) is 0 Å². The molecule has 1 aliphatic rings. The van der Waals surface area contributed by atoms with E-state index in [2.05, 4.69) is 20.7 Å². The number of halogens is 1. The molecule has 1 aliphatic heterocycles. The zero-order valence-electron chi connectivity index (χ0n) is 10.6. The molecule has 1 fully saturated rings. The molecule has 106 valence electrons. The number of ether oxygens (including phenoxy) is 1. The third-order valence-electron chi connectivity index (χ3n) is 3.14. The first-order valence-corrected chi connectivity index (χ1v) is 6.64. The zero-order chi connectivity index (χ0) is 14.9. The van der Waals surface area contributed by atoms with Gasteiger partial charge in [-0.25, -0.2) is 4.79 Å². The van der Waals surface area contributed by atoms with Gasteiger partial charge in [-0.05, 0) is 18.2 Å². The second kappa shape index (κ2) is 5.62. The smallest absolute Gasteiger partial charge is 0.337 e. The number of carboxylic acid groups (broad SMARTS) is 1. The number of carboxylic acids is 1. The summed E-state index contributed by atoms with van der Waals surface area (Å²) >= 11 is 3.25. The summed E-state index contributed by atoms with van der Waals surface area (Å²) in [5.41, 5.74) is 0.301. The van der Waals surface area contributed by atoms with Gasteiger partial charge in [0, 0.05) is 17.4 Å². The molecule has 1 heterocycles. The lowest BCUT2D eigenvalue weighted by atomic mass is 10.1. The van der Waals surface area contributed by atoms with Crippen LogP contribution in [0.15, 0.2) is 22.7 Å². The minimum atomic E-state index is -1.12. The van der Waals surface area contributed by atoms with Crippen LogP contribution >= 0.6 is 15.9 Å². The van der Waals surface area contributed by atoms with Gasteiger partial charge >= 0.3 is 11.9 Å². The van der Waals surface area contributed by atoms with Gasteiger partial charge in [0.2, 0.25) is 5.91 Å². The maximum Gasteiger partial charge on any atom is 0.337 e. The minimum absolute atomic E-state index is 0.0204. The first-order chi connectivity index (χ1) is 9.43. The molecule has 1 N–H and O–H groups in total. The van der Waals surface area contributed by atoms with Crippen LogP contribution in [0.25, 0.3) is 0 Å². The van der Waals surface area contributed by atoms with Gasteiger partial charge in [0.1, 0.15) is 0 Å². The summed E-state index contributed by atoms with van der Waals surface area (Å²) in [5.74, 6) is -2.44. The van der Waals surface area contributed by atoms with E-state index in [1.54, 1.807) is 12.1 Å². The van der Waals surface area contributed by atoms with Crippen LogP contribution < -0.4 is 4.90 Å². The SMILES string of the molecule is COC(=O)C1CC(=O)N(c2cc(Br)ccc2C(=O)O)C1. The molecule has 1 unspecified atom stereocenters. The normalized spacial score (nSPS) is 18.2. The van der Waals surface area contributed by atoms with Crippen LogP contribution in [0.2, 0.25) is 0 Å². The van der Waals surface area contributed by atoms with Crippen LogP contribution in [-0.2, 0) is 14.3 Å². The molecular formula is C13H12BrNO5. The van der Waals surface area contributed by atoms with Crippen molar-refractivity contribution in [3.05, 3.63) is 28.2 Å². The highest BCUT2D eigenvalue weighted by molar-refractivity contribution is 9.10. The number of anilines is 1. The second-order valence-electron chi connectivity index (χ2n) is 4.40. The van der Waals surface area contributed by atoms with Gasteiger partial charge in [-0.2, -0.15) is 0 Å². The van der Waals surface area contributed by atoms with Gasteiger partial charge in [0.25, 0.3) is 0 Å². The molecule has 0 saturated carbocycles. The molecule has 0 spiro atoms. The Hall–Kier alpha value is -1.89. The van der Waals surface area contributed by atoms with Crippen LogP contribution in [-0.4, -0.2) is 36.6 Å². The number of rotatable bonds is 3. The topological polar surface area (TPSA) is 83.9 Å². The van der Waals surface area contributed by atoms with E-state index in [0.717, 1.165) is 0 Å². The lowest BCUT2D eigenvalue weighted by Crippen LogP contribution is -2.27. The Morgan fingerprint density at radius 1 is 1.45 bits per heavy atom. The van der Waals surface area contributed by atoms with Gasteiger partial charge in [-0.3, -0.25) is 9.59 Å². The Balaban J connectivity index is 2.37. The van der Waals surface area contributed by atoms with E-state index in [0.29, 0.717) is 4.47 Å². The van der Waals surface area contributed by atoms with Crippen molar-refractivity contribution in [1.29, 1.82) is 0 Å². The van der Waals surface area contributed by atoms with Crippen molar-refractivity contribution in [3.8, 4) is 0 Å². The first-order valence-electron chi connectivity index (χ1n) is 5.85. The molecule has 0 aromatic heterocycles. The number of methoxy groups -OCH3 is 1. The van der Waals surface area contributed by atoms with Crippen LogP contribution in [0.4, 0.5) is 5.69 Å². The van der Waals surface area contributed by atoms with Gasteiger partial charge in [0.15, 0.2) is 0 Å². The Bertz CT molecular complexity index is 586. The van der Waals surface area contributed by atoms with Crippen LogP contribution in [0, 0.1) is 5.92 Å². The van der Waals surface area contributed by atoms with Crippen LogP contribution in [0.5, 0.6) is 0 Å². The third-order valence-corrected chi connectivity index (χ3v) is 3.63. The van der Waals surface area contributed by atoms with Crippen molar-refractivity contribution in [2.75, 3.05) is 18.6 Å². The predicted octanol–water partition coefficient (Wildman–Crippen LogP) is 1.67. The van der Waals surface area contributed by atoms with Crippen molar-refractivity contribution in [1.82, 2.24) is 0 Å². The highest BCUT2D eigenvalue weighted by Crippen LogP contribution is 2.31. The largest absolute Gasteiger partial charge is 0.478 e. The number of carbonyl (C=O) groups excluding carboxylic acids is 2. The van der Waals surface area contributed by atoms with E-state index < -0.39 is 17.9 Å². The van der Waals surface area contributed by atoms with E-state index in [-0.39, 0.29) is 30.1 Å². The van der Waals surface area contributed by atoms with Crippen molar-refractivity contribution >= 4 is 39.5 Å². The summed E-state index contributed by atoms with van der Waals surface area (Å²) < 4.78 is 5.28. The van der Waals surface area contributed by atoms with E-state index >= 15 is 0 Å². The van der Waals surface area contributed by atoms with E-state index in [1.165, 1.54) is 18.1 Å². The summed E-state index contributed by atoms with van der Waals surface area (Å²) in [7, 11) is 1.26. The summed E-state index contributed by atoms with van der Waals surface area (Å²) in [6, 6.07) is 4.56. The fourth-order valence-corrected chi connectivity index (χ4v) is 2.52. The molecule has 20 heavy (non-hydrogen) atoms. The number of hydrogen-bond donors (Lipinski definition) is 1. The molecule has 0 radical (unpaired) electrons. The number of esters is 1. The number of carbonyl (C=O) groups is 3. The number of aromatic carboxylic acids is 1. The van der Waals surface area contributed by atoms with E-state index in [1.807, 2.05) is 0 Å². The molecule has 0 bridgehead atoms. The fraction of sp³-hybridized carbons (Fsp3) is 0.308. The maximum atomic E-state index is 12.0. The molecule has 7 heteroatoms. The second-order valence-corrected chi connectivity index (χ2v) is 5.31. The molecule has 1 amide bonds. The number of benzene rings is 1. The van der Waals surface area contributed by atoms with E-state index in [4.69, 9.17) is 0 Å². The number of hydrogen-bond acceptors (Lipinski definition) is 4. The predicted molar refractivity (Wildman–Crippen MR) is 73.6 cm³/mol. The summed E-state index contributed by atoms with van der Waals surface area (Å²) in [6.07, 6.45) is 0.0260. The average molecular weight is 342 g/mol. The quantitative estimate of drug-likeness (QED) is 0.845. The summed E-state index contributed by atoms with van der Waals surface area (Å²) in [6.45, 7) is 0.127. The lowest BCUT2D eigenvalue weighted by Gasteiger charge is -2.19. The molecular weight excluding hydrogens is 330 g/mol. The van der Waals surface area contributed by atoms with Crippen molar-refractivity contribution in [2.45, 2.75) is 6.42 Å². The number of nitrogens with zero attached hydrogens (tertiary/aromatic N) is 1. The lowest BCUT2D eigenvalue weighted by molar-refractivity contribution is -0.145.